The summed E-state index contributed by atoms with van der Waals surface area (Å²) >= 11 is 0. The van der Waals surface area contributed by atoms with Gasteiger partial charge >= 0.3 is 0 Å². The molecule has 2 saturated heterocycles. The maximum atomic E-state index is 13.5. The lowest BCUT2D eigenvalue weighted by atomic mass is 10.0. The minimum Gasteiger partial charge on any atom is -0.353 e. The van der Waals surface area contributed by atoms with E-state index in [9.17, 15) is 9.59 Å². The molecule has 5 nitrogen and oxygen atoms in total. The van der Waals surface area contributed by atoms with Gasteiger partial charge in [-0.2, -0.15) is 0 Å². The monoisotopic (exact) mass is 385 g/mol. The summed E-state index contributed by atoms with van der Waals surface area (Å²) in [5.41, 5.74) is 1.22. The van der Waals surface area contributed by atoms with Crippen LogP contribution in [0, 0.1) is 5.92 Å². The average molecular weight is 386 g/mol. The average Bonchev–Trinajstić information content (AvgIpc) is 3.07. The fourth-order valence-corrected chi connectivity index (χ4v) is 5.55. The maximum Gasteiger partial charge on any atom is 0.228 e. The summed E-state index contributed by atoms with van der Waals surface area (Å²) in [4.78, 5) is 30.5. The number of aryl methyl sites for hydroxylation is 1. The number of hydrogen-bond donors (Lipinski definition) is 0. The molecule has 1 aliphatic carbocycles. The molecule has 154 valence electrons. The number of hydrogen-bond acceptors (Lipinski definition) is 2. The molecule has 3 fully saturated rings. The molecule has 1 saturated carbocycles. The van der Waals surface area contributed by atoms with E-state index >= 15 is 0 Å². The highest BCUT2D eigenvalue weighted by molar-refractivity contribution is 5.89. The van der Waals surface area contributed by atoms with E-state index in [4.69, 9.17) is 0 Å². The molecule has 0 radical (unpaired) electrons. The number of aromatic nitrogens is 1. The van der Waals surface area contributed by atoms with Gasteiger partial charge in [0.1, 0.15) is 0 Å². The van der Waals surface area contributed by atoms with Crippen LogP contribution in [0.5, 0.6) is 0 Å². The Hall–Kier alpha value is -1.78. The first kappa shape index (κ1) is 19.5. The number of nitrogens with zero attached hydrogens (tertiary/aromatic N) is 3. The second-order valence-corrected chi connectivity index (χ2v) is 9.03. The Kier molecular flexibility index (Phi) is 6.07. The zero-order valence-electron chi connectivity index (χ0n) is 17.3. The molecule has 28 heavy (non-hydrogen) atoms. The summed E-state index contributed by atoms with van der Waals surface area (Å²) in [7, 11) is 2.07. The lowest BCUT2D eigenvalue weighted by Gasteiger charge is -2.33. The Morgan fingerprint density at radius 1 is 1.00 bits per heavy atom. The van der Waals surface area contributed by atoms with E-state index in [2.05, 4.69) is 39.7 Å². The Morgan fingerprint density at radius 2 is 1.71 bits per heavy atom. The van der Waals surface area contributed by atoms with Crippen molar-refractivity contribution in [2.45, 2.75) is 82.7 Å². The van der Waals surface area contributed by atoms with Gasteiger partial charge in [-0.05, 0) is 37.8 Å². The standard InChI is InChI=1S/C23H35N3O2/c1-24-14-9-13-20(24)21-12-7-4-8-15-25(21)23(28)18-16-22(27)26(17-18)19-10-5-2-3-6-11-19/h9,13-14,18-19,21H,2-8,10-12,15-17H2,1H3/t18-,21-/m1/s1. The van der Waals surface area contributed by atoms with Crippen LogP contribution in [0.15, 0.2) is 18.3 Å². The van der Waals surface area contributed by atoms with Crippen molar-refractivity contribution < 1.29 is 9.59 Å². The molecule has 1 aromatic heterocycles. The molecule has 1 aromatic rings. The fourth-order valence-electron chi connectivity index (χ4n) is 5.55. The summed E-state index contributed by atoms with van der Waals surface area (Å²) in [6, 6.07) is 4.72. The summed E-state index contributed by atoms with van der Waals surface area (Å²) in [6.07, 6.45) is 14.1. The SMILES string of the molecule is Cn1cccc1[C@H]1CCCCCN1C(=O)[C@@H]1CC(=O)N(C2CCCCCC2)C1. The van der Waals surface area contributed by atoms with E-state index in [0.29, 0.717) is 19.0 Å². The zero-order chi connectivity index (χ0) is 19.5. The van der Waals surface area contributed by atoms with Crippen LogP contribution in [0.3, 0.4) is 0 Å². The minimum atomic E-state index is -0.156. The molecule has 0 aromatic carbocycles. The van der Waals surface area contributed by atoms with E-state index in [0.717, 1.165) is 38.6 Å². The zero-order valence-corrected chi connectivity index (χ0v) is 17.3. The van der Waals surface area contributed by atoms with Crippen molar-refractivity contribution >= 4 is 11.8 Å². The highest BCUT2D eigenvalue weighted by Crippen LogP contribution is 2.34. The normalized spacial score (nSPS) is 27.7. The molecule has 0 bridgehead atoms. The van der Waals surface area contributed by atoms with Crippen LogP contribution in [0.2, 0.25) is 0 Å². The quantitative estimate of drug-likeness (QED) is 0.737. The molecular weight excluding hydrogens is 350 g/mol. The maximum absolute atomic E-state index is 13.5. The number of amides is 2. The van der Waals surface area contributed by atoms with E-state index in [1.54, 1.807) is 0 Å². The predicted molar refractivity (Wildman–Crippen MR) is 110 cm³/mol. The highest BCUT2D eigenvalue weighted by atomic mass is 16.2. The van der Waals surface area contributed by atoms with E-state index in [1.165, 1.54) is 37.8 Å². The molecule has 2 aliphatic heterocycles. The Balaban J connectivity index is 1.49. The third-order valence-electron chi connectivity index (χ3n) is 7.13. The lowest BCUT2D eigenvalue weighted by molar-refractivity contribution is -0.138. The van der Waals surface area contributed by atoms with E-state index in [1.807, 2.05) is 0 Å². The molecule has 0 unspecified atom stereocenters. The van der Waals surface area contributed by atoms with Gasteiger partial charge in [-0.15, -0.1) is 0 Å². The van der Waals surface area contributed by atoms with Crippen molar-refractivity contribution in [2.24, 2.45) is 13.0 Å². The summed E-state index contributed by atoms with van der Waals surface area (Å²) < 4.78 is 2.15. The van der Waals surface area contributed by atoms with Gasteiger partial charge in [0.25, 0.3) is 0 Å². The van der Waals surface area contributed by atoms with Crippen molar-refractivity contribution in [3.63, 3.8) is 0 Å². The third-order valence-corrected chi connectivity index (χ3v) is 7.13. The minimum absolute atomic E-state index is 0.150. The van der Waals surface area contributed by atoms with Crippen molar-refractivity contribution in [3.8, 4) is 0 Å². The molecule has 4 rings (SSSR count). The van der Waals surface area contributed by atoms with Crippen molar-refractivity contribution in [1.82, 2.24) is 14.4 Å². The van der Waals surface area contributed by atoms with Gasteiger partial charge in [-0.3, -0.25) is 9.59 Å². The van der Waals surface area contributed by atoms with Crippen LogP contribution in [-0.4, -0.2) is 45.3 Å². The van der Waals surface area contributed by atoms with Crippen LogP contribution in [0.1, 0.15) is 82.4 Å². The predicted octanol–water partition coefficient (Wildman–Crippen LogP) is 4.04. The van der Waals surface area contributed by atoms with Gasteiger partial charge in [-0.25, -0.2) is 0 Å². The Labute approximate surface area is 169 Å². The molecule has 2 atom stereocenters. The second kappa shape index (κ2) is 8.71. The van der Waals surface area contributed by atoms with Crippen LogP contribution >= 0.6 is 0 Å². The molecule has 5 heteroatoms. The van der Waals surface area contributed by atoms with Gasteiger partial charge < -0.3 is 14.4 Å². The number of rotatable bonds is 3. The van der Waals surface area contributed by atoms with Crippen LogP contribution < -0.4 is 0 Å². The number of carbonyl (C=O) groups is 2. The number of likely N-dealkylation sites (tertiary alicyclic amines) is 2. The topological polar surface area (TPSA) is 45.6 Å². The smallest absolute Gasteiger partial charge is 0.228 e. The summed E-state index contributed by atoms with van der Waals surface area (Å²) in [6.45, 7) is 1.46. The molecule has 3 aliphatic rings. The fraction of sp³-hybridized carbons (Fsp3) is 0.739. The van der Waals surface area contributed by atoms with Gasteiger partial charge in [0.05, 0.1) is 12.0 Å². The van der Waals surface area contributed by atoms with Crippen molar-refractivity contribution in [2.75, 3.05) is 13.1 Å². The first-order valence-electron chi connectivity index (χ1n) is 11.4. The molecular formula is C23H35N3O2. The van der Waals surface area contributed by atoms with E-state index in [-0.39, 0.29) is 23.8 Å². The second-order valence-electron chi connectivity index (χ2n) is 9.03. The molecule has 3 heterocycles. The molecule has 0 spiro atoms. The Bertz CT molecular complexity index is 690. The largest absolute Gasteiger partial charge is 0.353 e. The van der Waals surface area contributed by atoms with Crippen LogP contribution in [0.25, 0.3) is 0 Å². The molecule has 2 amide bonds. The lowest BCUT2D eigenvalue weighted by Crippen LogP contribution is -2.41. The first-order valence-corrected chi connectivity index (χ1v) is 11.4. The third kappa shape index (κ3) is 3.99. The number of carbonyl (C=O) groups excluding carboxylic acids is 2. The van der Waals surface area contributed by atoms with Gasteiger partial charge in [-0.1, -0.05) is 38.5 Å². The van der Waals surface area contributed by atoms with Gasteiger partial charge in [0.15, 0.2) is 0 Å². The van der Waals surface area contributed by atoms with Gasteiger partial charge in [0.2, 0.25) is 11.8 Å². The van der Waals surface area contributed by atoms with E-state index < -0.39 is 0 Å². The summed E-state index contributed by atoms with van der Waals surface area (Å²) in [5.74, 6) is 0.254. The van der Waals surface area contributed by atoms with Crippen molar-refractivity contribution in [1.29, 1.82) is 0 Å². The molecule has 0 N–H and O–H groups in total. The highest BCUT2D eigenvalue weighted by Gasteiger charge is 2.41. The first-order chi connectivity index (χ1) is 13.6. The summed E-state index contributed by atoms with van der Waals surface area (Å²) in [5, 5.41) is 0. The van der Waals surface area contributed by atoms with Crippen LogP contribution in [-0.2, 0) is 16.6 Å². The van der Waals surface area contributed by atoms with Crippen LogP contribution in [0.4, 0.5) is 0 Å². The Morgan fingerprint density at radius 3 is 2.43 bits per heavy atom. The van der Waals surface area contributed by atoms with Crippen molar-refractivity contribution in [3.05, 3.63) is 24.0 Å². The van der Waals surface area contributed by atoms with Gasteiger partial charge in [0, 0.05) is 44.5 Å².